The number of carbonyl (C=O) groups is 2. The molecule has 0 aliphatic rings. The van der Waals surface area contributed by atoms with Crippen molar-refractivity contribution in [1.82, 2.24) is 10.6 Å². The first-order chi connectivity index (χ1) is 11.0. The van der Waals surface area contributed by atoms with E-state index in [1.54, 1.807) is 0 Å². The molecule has 23 heavy (non-hydrogen) atoms. The first-order valence-electron chi connectivity index (χ1n) is 7.04. The fourth-order valence-electron chi connectivity index (χ4n) is 2.02. The zero-order valence-corrected chi connectivity index (χ0v) is 14.1. The van der Waals surface area contributed by atoms with E-state index in [2.05, 4.69) is 26.6 Å². The Labute approximate surface area is 142 Å². The number of benzene rings is 2. The fraction of sp³-hybridized carbons (Fsp3) is 0.176. The van der Waals surface area contributed by atoms with E-state index in [-0.39, 0.29) is 18.5 Å². The molecule has 2 rings (SSSR count). The van der Waals surface area contributed by atoms with Crippen molar-refractivity contribution in [2.75, 3.05) is 6.54 Å². The summed E-state index contributed by atoms with van der Waals surface area (Å²) < 4.78 is 13.7. The van der Waals surface area contributed by atoms with Gasteiger partial charge in [-0.1, -0.05) is 28.1 Å². The highest BCUT2D eigenvalue weighted by Gasteiger charge is 2.12. The monoisotopic (exact) mass is 378 g/mol. The van der Waals surface area contributed by atoms with E-state index in [9.17, 15) is 14.0 Å². The van der Waals surface area contributed by atoms with Crippen LogP contribution in [0.1, 0.15) is 28.9 Å². The zero-order chi connectivity index (χ0) is 16.8. The summed E-state index contributed by atoms with van der Waals surface area (Å²) in [5, 5.41) is 5.31. The molecule has 6 heteroatoms. The van der Waals surface area contributed by atoms with Gasteiger partial charge in [-0.05, 0) is 48.9 Å². The Balaban J connectivity index is 1.85. The van der Waals surface area contributed by atoms with Crippen molar-refractivity contribution in [2.45, 2.75) is 13.0 Å². The highest BCUT2D eigenvalue weighted by molar-refractivity contribution is 9.10. The van der Waals surface area contributed by atoms with Gasteiger partial charge < -0.3 is 10.6 Å². The van der Waals surface area contributed by atoms with Gasteiger partial charge in [0.05, 0.1) is 12.6 Å². The molecule has 0 bridgehead atoms. The number of hydrogen-bond donors (Lipinski definition) is 2. The summed E-state index contributed by atoms with van der Waals surface area (Å²) in [6.45, 7) is 1.72. The molecule has 0 aliphatic carbocycles. The normalized spacial score (nSPS) is 11.6. The van der Waals surface area contributed by atoms with Crippen LogP contribution in [0.15, 0.2) is 53.0 Å². The maximum absolute atomic E-state index is 12.8. The van der Waals surface area contributed by atoms with E-state index in [0.717, 1.165) is 10.0 Å². The van der Waals surface area contributed by atoms with Crippen molar-refractivity contribution >= 4 is 27.7 Å². The fourth-order valence-corrected chi connectivity index (χ4v) is 2.43. The lowest BCUT2D eigenvalue weighted by Gasteiger charge is -2.15. The number of hydrogen-bond acceptors (Lipinski definition) is 2. The van der Waals surface area contributed by atoms with Crippen LogP contribution in [0.2, 0.25) is 0 Å². The second-order valence-electron chi connectivity index (χ2n) is 5.03. The molecule has 2 N–H and O–H groups in total. The zero-order valence-electron chi connectivity index (χ0n) is 12.5. The molecule has 2 aromatic carbocycles. The maximum atomic E-state index is 12.8. The molecule has 1 unspecified atom stereocenters. The SMILES string of the molecule is CC(NC(=O)CNC(=O)c1ccc(F)cc1)c1cccc(Br)c1. The third-order valence-corrected chi connectivity index (χ3v) is 3.74. The summed E-state index contributed by atoms with van der Waals surface area (Å²) in [6, 6.07) is 12.6. The van der Waals surface area contributed by atoms with Gasteiger partial charge >= 0.3 is 0 Å². The van der Waals surface area contributed by atoms with Crippen molar-refractivity contribution in [1.29, 1.82) is 0 Å². The Kier molecular flexibility index (Phi) is 5.87. The van der Waals surface area contributed by atoms with E-state index in [4.69, 9.17) is 0 Å². The Morgan fingerprint density at radius 3 is 2.52 bits per heavy atom. The predicted octanol–water partition coefficient (Wildman–Crippen LogP) is 3.20. The molecule has 2 amide bonds. The van der Waals surface area contributed by atoms with E-state index < -0.39 is 11.7 Å². The highest BCUT2D eigenvalue weighted by atomic mass is 79.9. The molecule has 1 atom stereocenters. The highest BCUT2D eigenvalue weighted by Crippen LogP contribution is 2.17. The lowest BCUT2D eigenvalue weighted by atomic mass is 10.1. The summed E-state index contributed by atoms with van der Waals surface area (Å²) in [7, 11) is 0. The van der Waals surface area contributed by atoms with Gasteiger partial charge in [0.25, 0.3) is 5.91 Å². The largest absolute Gasteiger partial charge is 0.348 e. The van der Waals surface area contributed by atoms with E-state index in [1.165, 1.54) is 24.3 Å². The number of halogens is 2. The Hall–Kier alpha value is -2.21. The van der Waals surface area contributed by atoms with Crippen LogP contribution in [0.25, 0.3) is 0 Å². The van der Waals surface area contributed by atoms with Crippen LogP contribution in [0.4, 0.5) is 4.39 Å². The van der Waals surface area contributed by atoms with Crippen LogP contribution in [0.5, 0.6) is 0 Å². The van der Waals surface area contributed by atoms with E-state index in [1.807, 2.05) is 31.2 Å². The van der Waals surface area contributed by atoms with Gasteiger partial charge in [0.15, 0.2) is 0 Å². The maximum Gasteiger partial charge on any atom is 0.251 e. The third-order valence-electron chi connectivity index (χ3n) is 3.24. The first-order valence-corrected chi connectivity index (χ1v) is 7.83. The van der Waals surface area contributed by atoms with Gasteiger partial charge in [0.2, 0.25) is 5.91 Å². The van der Waals surface area contributed by atoms with Crippen molar-refractivity contribution in [3.8, 4) is 0 Å². The minimum atomic E-state index is -0.421. The summed E-state index contributed by atoms with van der Waals surface area (Å²) in [4.78, 5) is 23.7. The molecule has 0 aromatic heterocycles. The minimum absolute atomic E-state index is 0.144. The quantitative estimate of drug-likeness (QED) is 0.839. The topological polar surface area (TPSA) is 58.2 Å². The second kappa shape index (κ2) is 7.87. The molecule has 0 spiro atoms. The number of carbonyl (C=O) groups excluding carboxylic acids is 2. The molecule has 0 fully saturated rings. The molecule has 0 radical (unpaired) electrons. The number of amides is 2. The average molecular weight is 379 g/mol. The minimum Gasteiger partial charge on any atom is -0.348 e. The van der Waals surface area contributed by atoms with Crippen molar-refractivity contribution in [3.05, 3.63) is 69.9 Å². The van der Waals surface area contributed by atoms with Gasteiger partial charge in [-0.25, -0.2) is 4.39 Å². The van der Waals surface area contributed by atoms with Crippen LogP contribution in [-0.2, 0) is 4.79 Å². The summed E-state index contributed by atoms with van der Waals surface area (Å²) in [5.74, 6) is -1.13. The molecule has 120 valence electrons. The smallest absolute Gasteiger partial charge is 0.251 e. The van der Waals surface area contributed by atoms with Crippen molar-refractivity contribution < 1.29 is 14.0 Å². The molecule has 0 aliphatic heterocycles. The molecular weight excluding hydrogens is 363 g/mol. The molecule has 0 saturated carbocycles. The second-order valence-corrected chi connectivity index (χ2v) is 5.95. The lowest BCUT2D eigenvalue weighted by molar-refractivity contribution is -0.120. The molecule has 0 heterocycles. The van der Waals surface area contributed by atoms with Crippen LogP contribution in [0, 0.1) is 5.82 Å². The lowest BCUT2D eigenvalue weighted by Crippen LogP contribution is -2.38. The summed E-state index contributed by atoms with van der Waals surface area (Å²) >= 11 is 3.38. The Morgan fingerprint density at radius 1 is 1.17 bits per heavy atom. The standard InChI is InChI=1S/C17H16BrFN2O2/c1-11(13-3-2-4-14(18)9-13)21-16(22)10-20-17(23)12-5-7-15(19)8-6-12/h2-9,11H,10H2,1H3,(H,20,23)(H,21,22). The Bertz CT molecular complexity index is 704. The molecular formula is C17H16BrFN2O2. The van der Waals surface area contributed by atoms with Crippen LogP contribution in [-0.4, -0.2) is 18.4 Å². The molecule has 0 saturated heterocycles. The first kappa shape index (κ1) is 17.1. The van der Waals surface area contributed by atoms with Gasteiger partial charge in [-0.15, -0.1) is 0 Å². The molecule has 2 aromatic rings. The number of nitrogens with one attached hydrogen (secondary N) is 2. The average Bonchev–Trinajstić information content (AvgIpc) is 2.53. The number of rotatable bonds is 5. The van der Waals surface area contributed by atoms with Crippen molar-refractivity contribution in [3.63, 3.8) is 0 Å². The third kappa shape index (κ3) is 5.17. The molecule has 4 nitrogen and oxygen atoms in total. The van der Waals surface area contributed by atoms with Gasteiger partial charge in [0.1, 0.15) is 5.82 Å². The van der Waals surface area contributed by atoms with Gasteiger partial charge in [0, 0.05) is 10.0 Å². The van der Waals surface area contributed by atoms with Crippen LogP contribution >= 0.6 is 15.9 Å². The van der Waals surface area contributed by atoms with Crippen LogP contribution in [0.3, 0.4) is 0 Å². The summed E-state index contributed by atoms with van der Waals surface area (Å²) in [6.07, 6.45) is 0. The van der Waals surface area contributed by atoms with E-state index in [0.29, 0.717) is 5.56 Å². The predicted molar refractivity (Wildman–Crippen MR) is 89.4 cm³/mol. The Morgan fingerprint density at radius 2 is 1.87 bits per heavy atom. The van der Waals surface area contributed by atoms with Crippen LogP contribution < -0.4 is 10.6 Å². The summed E-state index contributed by atoms with van der Waals surface area (Å²) in [5.41, 5.74) is 1.26. The van der Waals surface area contributed by atoms with Crippen molar-refractivity contribution in [2.24, 2.45) is 0 Å². The van der Waals surface area contributed by atoms with E-state index >= 15 is 0 Å². The van der Waals surface area contributed by atoms with Gasteiger partial charge in [-0.3, -0.25) is 9.59 Å². The van der Waals surface area contributed by atoms with Gasteiger partial charge in [-0.2, -0.15) is 0 Å².